The summed E-state index contributed by atoms with van der Waals surface area (Å²) in [7, 11) is 0. The molecule has 0 saturated heterocycles. The standard InChI is InChI=1S/C28H32Cl2N4O2S/c1-16(2)26(35)34-27(36)37-28(5,6)24(32-34)19-9-12-23-18(14-19)8-7-13-33(23)25(31-17(3)4)21-11-10-20(29)15-22(21)30/h9-12,14-17H,7-8,13H2,1-6H3. The Morgan fingerprint density at radius 1 is 1.11 bits per heavy atom. The molecule has 0 unspecified atom stereocenters. The molecule has 196 valence electrons. The predicted molar refractivity (Wildman–Crippen MR) is 156 cm³/mol. The normalized spacial score (nSPS) is 17.8. The number of thioether (sulfide) groups is 1. The second-order valence-corrected chi connectivity index (χ2v) is 12.8. The molecule has 6 nitrogen and oxygen atoms in total. The first-order valence-electron chi connectivity index (χ1n) is 12.5. The first-order chi connectivity index (χ1) is 17.4. The molecule has 2 aliphatic heterocycles. The van der Waals surface area contributed by atoms with Gasteiger partial charge >= 0.3 is 5.24 Å². The predicted octanol–water partition coefficient (Wildman–Crippen LogP) is 7.44. The Labute approximate surface area is 233 Å². The highest BCUT2D eigenvalue weighted by atomic mass is 35.5. The first-order valence-corrected chi connectivity index (χ1v) is 14.1. The van der Waals surface area contributed by atoms with Crippen molar-refractivity contribution in [3.8, 4) is 0 Å². The molecule has 2 aromatic carbocycles. The lowest BCUT2D eigenvalue weighted by atomic mass is 9.93. The van der Waals surface area contributed by atoms with Crippen molar-refractivity contribution < 1.29 is 9.59 Å². The van der Waals surface area contributed by atoms with Gasteiger partial charge in [-0.1, -0.05) is 43.1 Å². The fourth-order valence-electron chi connectivity index (χ4n) is 4.52. The van der Waals surface area contributed by atoms with Crippen molar-refractivity contribution in [1.29, 1.82) is 0 Å². The van der Waals surface area contributed by atoms with Gasteiger partial charge in [-0.3, -0.25) is 14.6 Å². The molecule has 0 aromatic heterocycles. The lowest BCUT2D eigenvalue weighted by Gasteiger charge is -2.35. The van der Waals surface area contributed by atoms with Crippen LogP contribution in [0.1, 0.15) is 64.7 Å². The molecule has 0 saturated carbocycles. The average molecular weight is 560 g/mol. The van der Waals surface area contributed by atoms with Crippen LogP contribution in [0.25, 0.3) is 0 Å². The maximum absolute atomic E-state index is 12.7. The van der Waals surface area contributed by atoms with E-state index in [1.165, 1.54) is 0 Å². The first kappa shape index (κ1) is 27.7. The van der Waals surface area contributed by atoms with Crippen LogP contribution in [0.15, 0.2) is 46.5 Å². The van der Waals surface area contributed by atoms with Crippen LogP contribution in [0, 0.1) is 5.92 Å². The van der Waals surface area contributed by atoms with Crippen molar-refractivity contribution in [3.63, 3.8) is 0 Å². The van der Waals surface area contributed by atoms with E-state index in [9.17, 15) is 9.59 Å². The lowest BCUT2D eigenvalue weighted by molar-refractivity contribution is -0.131. The smallest absolute Gasteiger partial charge is 0.310 e. The Morgan fingerprint density at radius 3 is 2.49 bits per heavy atom. The number of amidine groups is 1. The quantitative estimate of drug-likeness (QED) is 0.289. The zero-order valence-corrected chi connectivity index (χ0v) is 24.3. The number of halogens is 2. The molecule has 2 aliphatic rings. The van der Waals surface area contributed by atoms with Crippen molar-refractivity contribution in [3.05, 3.63) is 63.1 Å². The summed E-state index contributed by atoms with van der Waals surface area (Å²) in [4.78, 5) is 32.5. The van der Waals surface area contributed by atoms with Crippen molar-refractivity contribution in [2.75, 3.05) is 11.4 Å². The summed E-state index contributed by atoms with van der Waals surface area (Å²) in [6.07, 6.45) is 1.84. The molecule has 0 bridgehead atoms. The van der Waals surface area contributed by atoms with Crippen LogP contribution in [0.4, 0.5) is 10.5 Å². The molecule has 0 atom stereocenters. The third-order valence-electron chi connectivity index (χ3n) is 6.27. The summed E-state index contributed by atoms with van der Waals surface area (Å²) in [5.41, 5.74) is 4.68. The second kappa shape index (κ2) is 10.8. The van der Waals surface area contributed by atoms with Crippen LogP contribution in [-0.2, 0) is 11.2 Å². The van der Waals surface area contributed by atoms with Crippen molar-refractivity contribution in [2.45, 2.75) is 65.2 Å². The Morgan fingerprint density at radius 2 is 1.84 bits per heavy atom. The van der Waals surface area contributed by atoms with Crippen molar-refractivity contribution >= 4 is 63.3 Å². The number of benzene rings is 2. The largest absolute Gasteiger partial charge is 0.326 e. The van der Waals surface area contributed by atoms with E-state index in [4.69, 9.17) is 28.2 Å². The van der Waals surface area contributed by atoms with Gasteiger partial charge in [-0.2, -0.15) is 10.1 Å². The average Bonchev–Trinajstić information content (AvgIpc) is 2.81. The molecule has 0 radical (unpaired) electrons. The number of carbonyl (C=O) groups is 2. The number of nitrogens with zero attached hydrogens (tertiary/aromatic N) is 4. The number of amides is 2. The highest BCUT2D eigenvalue weighted by Gasteiger charge is 2.40. The fourth-order valence-corrected chi connectivity index (χ4v) is 5.93. The topological polar surface area (TPSA) is 65.3 Å². The summed E-state index contributed by atoms with van der Waals surface area (Å²) < 4.78 is -0.575. The molecule has 2 aromatic rings. The summed E-state index contributed by atoms with van der Waals surface area (Å²) in [6.45, 7) is 12.4. The van der Waals surface area contributed by atoms with Crippen molar-refractivity contribution in [2.24, 2.45) is 16.0 Å². The highest BCUT2D eigenvalue weighted by molar-refractivity contribution is 8.15. The van der Waals surface area contributed by atoms with Gasteiger partial charge in [0.1, 0.15) is 5.84 Å². The molecule has 9 heteroatoms. The number of imide groups is 1. The van der Waals surface area contributed by atoms with Gasteiger partial charge in [-0.25, -0.2) is 0 Å². The van der Waals surface area contributed by atoms with Crippen molar-refractivity contribution in [1.82, 2.24) is 5.01 Å². The molecular weight excluding hydrogens is 527 g/mol. The Balaban J connectivity index is 1.78. The van der Waals surface area contributed by atoms with E-state index >= 15 is 0 Å². The number of carbonyl (C=O) groups excluding carboxylic acids is 2. The fraction of sp³-hybridized carbons (Fsp3) is 0.429. The van der Waals surface area contributed by atoms with Gasteiger partial charge in [-0.15, -0.1) is 0 Å². The maximum atomic E-state index is 12.7. The second-order valence-electron chi connectivity index (χ2n) is 10.4. The number of aryl methyl sites for hydroxylation is 1. The Bertz CT molecular complexity index is 1300. The Kier molecular flexibility index (Phi) is 8.07. The summed E-state index contributed by atoms with van der Waals surface area (Å²) in [5, 5.41) is 6.41. The van der Waals surface area contributed by atoms with Gasteiger partial charge in [0.2, 0.25) is 0 Å². The van der Waals surface area contributed by atoms with Crippen LogP contribution in [0.5, 0.6) is 0 Å². The van der Waals surface area contributed by atoms with Gasteiger partial charge in [0, 0.05) is 34.8 Å². The zero-order valence-electron chi connectivity index (χ0n) is 22.0. The molecule has 0 spiro atoms. The maximum Gasteiger partial charge on any atom is 0.310 e. The molecule has 0 N–H and O–H groups in total. The van der Waals surface area contributed by atoms with E-state index in [0.717, 1.165) is 64.4 Å². The molecule has 4 rings (SSSR count). The number of hydrogen-bond donors (Lipinski definition) is 0. The summed E-state index contributed by atoms with van der Waals surface area (Å²) in [6, 6.07) is 11.8. The number of anilines is 1. The number of rotatable bonds is 4. The molecule has 2 heterocycles. The molecule has 0 fully saturated rings. The monoisotopic (exact) mass is 558 g/mol. The highest BCUT2D eigenvalue weighted by Crippen LogP contribution is 2.38. The van der Waals surface area contributed by atoms with E-state index in [1.807, 2.05) is 45.9 Å². The number of hydrogen-bond acceptors (Lipinski definition) is 5. The lowest BCUT2D eigenvalue weighted by Crippen LogP contribution is -2.44. The van der Waals surface area contributed by atoms with Gasteiger partial charge in [0.25, 0.3) is 5.91 Å². The van der Waals surface area contributed by atoms with Crippen LogP contribution in [0.3, 0.4) is 0 Å². The SMILES string of the molecule is CC(C)N=C(c1ccc(Cl)cc1Cl)N1CCCc2cc(C3=NN(C(=O)C(C)C)C(=O)SC3(C)C)ccc21. The van der Waals surface area contributed by atoms with Crippen LogP contribution >= 0.6 is 35.0 Å². The number of hydrazone groups is 1. The minimum Gasteiger partial charge on any atom is -0.326 e. The summed E-state index contributed by atoms with van der Waals surface area (Å²) >= 11 is 13.9. The van der Waals surface area contributed by atoms with Crippen LogP contribution in [-0.4, -0.2) is 45.0 Å². The molecule has 0 aliphatic carbocycles. The van der Waals surface area contributed by atoms with Crippen LogP contribution < -0.4 is 4.90 Å². The minimum absolute atomic E-state index is 0.0721. The third kappa shape index (κ3) is 5.74. The van der Waals surface area contributed by atoms with Gasteiger partial charge in [0.05, 0.1) is 15.5 Å². The van der Waals surface area contributed by atoms with E-state index < -0.39 is 4.75 Å². The minimum atomic E-state index is -0.575. The molecular formula is C28H32Cl2N4O2S. The Hall–Kier alpha value is -2.35. The third-order valence-corrected chi connectivity index (χ3v) is 7.87. The van der Waals surface area contributed by atoms with Gasteiger partial charge in [0.15, 0.2) is 0 Å². The van der Waals surface area contributed by atoms with Crippen LogP contribution in [0.2, 0.25) is 10.0 Å². The van der Waals surface area contributed by atoms with E-state index in [-0.39, 0.29) is 23.1 Å². The van der Waals surface area contributed by atoms with Gasteiger partial charge in [-0.05, 0) is 93.8 Å². The zero-order chi connectivity index (χ0) is 27.1. The van der Waals surface area contributed by atoms with E-state index in [1.54, 1.807) is 19.9 Å². The molecule has 2 amide bonds. The summed E-state index contributed by atoms with van der Waals surface area (Å²) in [5.74, 6) is 0.186. The molecule has 37 heavy (non-hydrogen) atoms. The van der Waals surface area contributed by atoms with E-state index in [0.29, 0.717) is 15.8 Å². The number of aliphatic imine (C=N–C) groups is 1. The number of fused-ring (bicyclic) bond motifs is 1. The van der Waals surface area contributed by atoms with E-state index in [2.05, 4.69) is 22.1 Å². The van der Waals surface area contributed by atoms with Gasteiger partial charge < -0.3 is 4.90 Å².